The number of hydrogen-bond acceptors (Lipinski definition) is 4. The van der Waals surface area contributed by atoms with Crippen LogP contribution < -0.4 is 0 Å². The summed E-state index contributed by atoms with van der Waals surface area (Å²) in [5.41, 5.74) is 5.23. The van der Waals surface area contributed by atoms with E-state index >= 15 is 0 Å². The van der Waals surface area contributed by atoms with Gasteiger partial charge in [-0.25, -0.2) is 4.99 Å². The number of fused-ring (bicyclic) bond motifs is 2. The van der Waals surface area contributed by atoms with E-state index in [1.807, 2.05) is 44.2 Å². The average molecular weight is 306 g/mol. The largest absolute Gasteiger partial charge is 0.482 e. The fourth-order valence-corrected chi connectivity index (χ4v) is 3.32. The Kier molecular flexibility index (Phi) is 3.26. The monoisotopic (exact) mass is 306 g/mol. The van der Waals surface area contributed by atoms with Crippen LogP contribution in [-0.2, 0) is 9.53 Å². The van der Waals surface area contributed by atoms with Crippen molar-refractivity contribution in [1.29, 1.82) is 0 Å². The number of rotatable bonds is 1. The molecule has 0 aromatic heterocycles. The van der Waals surface area contributed by atoms with Crippen molar-refractivity contribution in [3.05, 3.63) is 58.6 Å². The quantitative estimate of drug-likeness (QED) is 0.746. The molecule has 1 unspecified atom stereocenters. The van der Waals surface area contributed by atoms with Crippen LogP contribution >= 0.6 is 0 Å². The number of nitrogens with zero attached hydrogens (tertiary/aromatic N) is 2. The second-order valence-corrected chi connectivity index (χ2v) is 6.01. The number of ether oxygens (including phenoxy) is 1. The van der Waals surface area contributed by atoms with Crippen molar-refractivity contribution in [2.45, 2.75) is 32.8 Å². The van der Waals surface area contributed by atoms with Crippen molar-refractivity contribution < 1.29 is 9.53 Å². The zero-order valence-electron chi connectivity index (χ0n) is 13.3. The Hall–Kier alpha value is -2.49. The summed E-state index contributed by atoms with van der Waals surface area (Å²) in [5, 5.41) is 0. The fourth-order valence-electron chi connectivity index (χ4n) is 3.32. The van der Waals surface area contributed by atoms with E-state index in [9.17, 15) is 4.79 Å². The molecule has 0 radical (unpaired) electrons. The Morgan fingerprint density at radius 2 is 2.26 bits per heavy atom. The van der Waals surface area contributed by atoms with Crippen molar-refractivity contribution in [3.63, 3.8) is 0 Å². The molecule has 1 heterocycles. The molecule has 1 atom stereocenters. The maximum atomic E-state index is 12.5. The lowest BCUT2D eigenvalue weighted by Gasteiger charge is -2.32. The van der Waals surface area contributed by atoms with Gasteiger partial charge in [0.1, 0.15) is 11.5 Å². The Morgan fingerprint density at radius 1 is 1.39 bits per heavy atom. The van der Waals surface area contributed by atoms with Gasteiger partial charge in [-0.15, -0.1) is 0 Å². The van der Waals surface area contributed by atoms with E-state index in [0.717, 1.165) is 28.3 Å². The SMILES string of the molecule is CCN=C1CC2=C(N=C3C=C(C)C=CC3O2)C2=C1C=CCC2=O. The maximum Gasteiger partial charge on any atom is 0.169 e. The zero-order chi connectivity index (χ0) is 16.0. The fraction of sp³-hybridized carbons (Fsp3) is 0.316. The molecule has 0 aromatic carbocycles. The number of aliphatic imine (C=N–C) groups is 2. The van der Waals surface area contributed by atoms with Crippen molar-refractivity contribution in [2.24, 2.45) is 9.98 Å². The molecule has 4 heteroatoms. The van der Waals surface area contributed by atoms with E-state index in [4.69, 9.17) is 9.73 Å². The molecule has 3 aliphatic carbocycles. The van der Waals surface area contributed by atoms with Crippen LogP contribution in [-0.4, -0.2) is 29.9 Å². The summed E-state index contributed by atoms with van der Waals surface area (Å²) in [6.45, 7) is 4.72. The minimum Gasteiger partial charge on any atom is -0.482 e. The second-order valence-electron chi connectivity index (χ2n) is 6.01. The molecule has 0 fully saturated rings. The Labute approximate surface area is 135 Å². The summed E-state index contributed by atoms with van der Waals surface area (Å²) in [6, 6.07) is 0. The molecule has 0 bridgehead atoms. The second kappa shape index (κ2) is 5.30. The number of carbonyl (C=O) groups excluding carboxylic acids is 1. The van der Waals surface area contributed by atoms with Gasteiger partial charge >= 0.3 is 0 Å². The molecule has 23 heavy (non-hydrogen) atoms. The van der Waals surface area contributed by atoms with Crippen LogP contribution in [0.1, 0.15) is 26.7 Å². The third-order valence-electron chi connectivity index (χ3n) is 4.34. The van der Waals surface area contributed by atoms with Crippen LogP contribution in [0.25, 0.3) is 0 Å². The standard InChI is InChI=1S/C19H18N2O2/c1-3-20-13-10-17-19(18-12(13)5-4-6-15(18)22)21-14-9-11(2)7-8-16(14)23-17/h4-5,7-9,16H,3,6,10H2,1-2H3. The van der Waals surface area contributed by atoms with Crippen LogP contribution in [0.2, 0.25) is 0 Å². The minimum atomic E-state index is -0.156. The van der Waals surface area contributed by atoms with E-state index in [2.05, 4.69) is 4.99 Å². The maximum absolute atomic E-state index is 12.5. The first kappa shape index (κ1) is 14.1. The Morgan fingerprint density at radius 3 is 3.09 bits per heavy atom. The molecule has 4 aliphatic rings. The van der Waals surface area contributed by atoms with Gasteiger partial charge in [-0.1, -0.05) is 18.2 Å². The third-order valence-corrected chi connectivity index (χ3v) is 4.34. The number of Topliss-reactive ketones (excluding diaryl/α,β-unsaturated/α-hetero) is 1. The lowest BCUT2D eigenvalue weighted by molar-refractivity contribution is -0.114. The van der Waals surface area contributed by atoms with Gasteiger partial charge in [-0.3, -0.25) is 9.79 Å². The van der Waals surface area contributed by atoms with Crippen LogP contribution in [0.3, 0.4) is 0 Å². The lowest BCUT2D eigenvalue weighted by Crippen LogP contribution is -2.32. The predicted molar refractivity (Wildman–Crippen MR) is 90.6 cm³/mol. The number of hydrogen-bond donors (Lipinski definition) is 0. The lowest BCUT2D eigenvalue weighted by atomic mass is 9.84. The van der Waals surface area contributed by atoms with Crippen LogP contribution in [0.15, 0.2) is 68.5 Å². The molecule has 0 amide bonds. The molecule has 0 N–H and O–H groups in total. The molecule has 0 aromatic rings. The van der Waals surface area contributed by atoms with Crippen molar-refractivity contribution in [2.75, 3.05) is 6.54 Å². The van der Waals surface area contributed by atoms with Crippen LogP contribution in [0.5, 0.6) is 0 Å². The van der Waals surface area contributed by atoms with Gasteiger partial charge in [0, 0.05) is 18.5 Å². The highest BCUT2D eigenvalue weighted by Gasteiger charge is 2.36. The molecule has 0 saturated heterocycles. The zero-order valence-corrected chi connectivity index (χ0v) is 13.3. The van der Waals surface area contributed by atoms with Crippen molar-refractivity contribution in [3.8, 4) is 0 Å². The predicted octanol–water partition coefficient (Wildman–Crippen LogP) is 3.24. The Bertz CT molecular complexity index is 816. The van der Waals surface area contributed by atoms with E-state index in [1.165, 1.54) is 0 Å². The third kappa shape index (κ3) is 2.25. The molecule has 1 aliphatic heterocycles. The highest BCUT2D eigenvalue weighted by atomic mass is 16.5. The van der Waals surface area contributed by atoms with E-state index in [-0.39, 0.29) is 11.9 Å². The number of ketones is 1. The summed E-state index contributed by atoms with van der Waals surface area (Å²) in [4.78, 5) is 21.9. The molecule has 116 valence electrons. The van der Waals surface area contributed by atoms with Gasteiger partial charge < -0.3 is 4.74 Å². The topological polar surface area (TPSA) is 51.0 Å². The smallest absolute Gasteiger partial charge is 0.169 e. The van der Waals surface area contributed by atoms with Gasteiger partial charge in [0.15, 0.2) is 11.9 Å². The van der Waals surface area contributed by atoms with Gasteiger partial charge in [-0.2, -0.15) is 0 Å². The van der Waals surface area contributed by atoms with Gasteiger partial charge in [0.25, 0.3) is 0 Å². The summed E-state index contributed by atoms with van der Waals surface area (Å²) < 4.78 is 6.14. The molecular weight excluding hydrogens is 288 g/mol. The summed E-state index contributed by atoms with van der Waals surface area (Å²) >= 11 is 0. The number of allylic oxidation sites excluding steroid dienone is 7. The van der Waals surface area contributed by atoms with E-state index < -0.39 is 0 Å². The normalized spacial score (nSPS) is 27.3. The average Bonchev–Trinajstić information content (AvgIpc) is 2.54. The highest BCUT2D eigenvalue weighted by Crippen LogP contribution is 2.38. The molecular formula is C19H18N2O2. The first-order chi connectivity index (χ1) is 11.2. The first-order valence-corrected chi connectivity index (χ1v) is 8.00. The van der Waals surface area contributed by atoms with Gasteiger partial charge in [0.2, 0.25) is 0 Å². The first-order valence-electron chi connectivity index (χ1n) is 8.00. The van der Waals surface area contributed by atoms with Crippen molar-refractivity contribution >= 4 is 17.2 Å². The number of carbonyl (C=O) groups is 1. The summed E-state index contributed by atoms with van der Waals surface area (Å²) in [6.07, 6.45) is 10.8. The molecule has 0 spiro atoms. The van der Waals surface area contributed by atoms with E-state index in [0.29, 0.717) is 30.7 Å². The van der Waals surface area contributed by atoms with Crippen molar-refractivity contribution in [1.82, 2.24) is 0 Å². The summed E-state index contributed by atoms with van der Waals surface area (Å²) in [5.74, 6) is 0.864. The molecule has 0 saturated carbocycles. The van der Waals surface area contributed by atoms with E-state index in [1.54, 1.807) is 0 Å². The highest BCUT2D eigenvalue weighted by molar-refractivity contribution is 6.17. The van der Waals surface area contributed by atoms with Gasteiger partial charge in [-0.05, 0) is 31.6 Å². The van der Waals surface area contributed by atoms with Crippen LogP contribution in [0.4, 0.5) is 0 Å². The Balaban J connectivity index is 1.88. The van der Waals surface area contributed by atoms with Gasteiger partial charge in [0.05, 0.1) is 23.4 Å². The minimum absolute atomic E-state index is 0.0944. The molecule has 4 nitrogen and oxygen atoms in total. The van der Waals surface area contributed by atoms with Crippen LogP contribution in [0, 0.1) is 0 Å². The molecule has 4 rings (SSSR count). The summed E-state index contributed by atoms with van der Waals surface area (Å²) in [7, 11) is 0.